The minimum atomic E-state index is -3.73. The van der Waals surface area contributed by atoms with Gasteiger partial charge in [0.05, 0.1) is 29.0 Å². The standard InChI is InChI=1S/C33H29BrCl2N2O4S/c1-41-30-16-13-23(21-27(30)34)33(22-11-14-24(15-12-22)37(19-17-35)20-18-36)31-25-7-3-5-9-28(25)38(43(2,39)40)32(31)26-8-4-6-10-29(26)42-33/h3-16,21H,17-20H2,1-2H3. The van der Waals surface area contributed by atoms with E-state index in [1.165, 1.54) is 10.2 Å². The normalized spacial score (nSPS) is 15.9. The predicted molar refractivity (Wildman–Crippen MR) is 179 cm³/mol. The molecule has 6 rings (SSSR count). The molecular weight excluding hydrogens is 671 g/mol. The van der Waals surface area contributed by atoms with Crippen LogP contribution in [0.15, 0.2) is 95.5 Å². The highest BCUT2D eigenvalue weighted by Crippen LogP contribution is 2.55. The van der Waals surface area contributed by atoms with Crippen molar-refractivity contribution in [2.24, 2.45) is 0 Å². The number of hydrogen-bond acceptors (Lipinski definition) is 5. The quantitative estimate of drug-likeness (QED) is 0.147. The second-order valence-corrected chi connectivity index (χ2v) is 13.8. The van der Waals surface area contributed by atoms with Gasteiger partial charge in [-0.1, -0.05) is 48.5 Å². The number of halogens is 3. The van der Waals surface area contributed by atoms with E-state index >= 15 is 0 Å². The molecule has 2 heterocycles. The molecule has 5 aromatic rings. The van der Waals surface area contributed by atoms with Gasteiger partial charge in [-0.05, 0) is 58.4 Å². The van der Waals surface area contributed by atoms with Crippen LogP contribution in [-0.2, 0) is 15.6 Å². The second-order valence-electron chi connectivity index (χ2n) is 10.3. The van der Waals surface area contributed by atoms with Gasteiger partial charge >= 0.3 is 0 Å². The number of nitrogens with zero attached hydrogens (tertiary/aromatic N) is 2. The number of methoxy groups -OCH3 is 1. The molecule has 10 heteroatoms. The smallest absolute Gasteiger partial charge is 0.236 e. The molecule has 43 heavy (non-hydrogen) atoms. The molecule has 1 aromatic heterocycles. The first-order valence-corrected chi connectivity index (χ1v) is 17.4. The molecule has 1 unspecified atom stereocenters. The second kappa shape index (κ2) is 11.7. The van der Waals surface area contributed by atoms with Gasteiger partial charge < -0.3 is 14.4 Å². The van der Waals surface area contributed by atoms with Crippen LogP contribution in [0.25, 0.3) is 22.2 Å². The van der Waals surface area contributed by atoms with Crippen LogP contribution in [0.1, 0.15) is 16.7 Å². The molecule has 6 nitrogen and oxygen atoms in total. The Balaban J connectivity index is 1.74. The molecule has 0 saturated heterocycles. The number of para-hydroxylation sites is 2. The Labute approximate surface area is 269 Å². The number of ether oxygens (including phenoxy) is 2. The maximum Gasteiger partial charge on any atom is 0.236 e. The maximum absolute atomic E-state index is 13.5. The number of fused-ring (bicyclic) bond motifs is 5. The van der Waals surface area contributed by atoms with E-state index in [-0.39, 0.29) is 0 Å². The first kappa shape index (κ1) is 29.9. The minimum Gasteiger partial charge on any atom is -0.496 e. The monoisotopic (exact) mass is 698 g/mol. The van der Waals surface area contributed by atoms with Gasteiger partial charge in [0.2, 0.25) is 10.0 Å². The Bertz CT molecular complexity index is 1920. The van der Waals surface area contributed by atoms with Crippen LogP contribution in [0, 0.1) is 0 Å². The van der Waals surface area contributed by atoms with E-state index in [4.69, 9.17) is 32.7 Å². The lowest BCUT2D eigenvalue weighted by molar-refractivity contribution is 0.153. The van der Waals surface area contributed by atoms with Crippen molar-refractivity contribution in [3.63, 3.8) is 0 Å². The van der Waals surface area contributed by atoms with Gasteiger partial charge in [-0.25, -0.2) is 12.4 Å². The van der Waals surface area contributed by atoms with Gasteiger partial charge in [-0.3, -0.25) is 0 Å². The fraction of sp³-hybridized carbons (Fsp3) is 0.212. The van der Waals surface area contributed by atoms with Crippen LogP contribution >= 0.6 is 39.1 Å². The molecule has 1 aliphatic heterocycles. The number of benzene rings is 4. The van der Waals surface area contributed by atoms with Gasteiger partial charge in [-0.2, -0.15) is 0 Å². The summed E-state index contributed by atoms with van der Waals surface area (Å²) in [5.74, 6) is 2.18. The van der Waals surface area contributed by atoms with Gasteiger partial charge in [0.25, 0.3) is 0 Å². The Morgan fingerprint density at radius 3 is 2.21 bits per heavy atom. The zero-order chi connectivity index (χ0) is 30.4. The SMILES string of the molecule is COc1ccc(C2(c3ccc(N(CCCl)CCCl)cc3)Oc3ccccc3-c3c2c2ccccc2n3S(C)(=O)=O)cc1Br. The third kappa shape index (κ3) is 4.98. The molecule has 1 atom stereocenters. The van der Waals surface area contributed by atoms with Gasteiger partial charge in [-0.15, -0.1) is 23.2 Å². The summed E-state index contributed by atoms with van der Waals surface area (Å²) in [4.78, 5) is 2.14. The average molecular weight is 700 g/mol. The summed E-state index contributed by atoms with van der Waals surface area (Å²) in [6.07, 6.45) is 1.24. The topological polar surface area (TPSA) is 60.8 Å². The van der Waals surface area contributed by atoms with Crippen LogP contribution in [0.5, 0.6) is 11.5 Å². The molecule has 0 saturated carbocycles. The fourth-order valence-electron chi connectivity index (χ4n) is 6.06. The third-order valence-electron chi connectivity index (χ3n) is 7.83. The molecule has 0 fully saturated rings. The van der Waals surface area contributed by atoms with Crippen molar-refractivity contribution in [1.29, 1.82) is 0 Å². The summed E-state index contributed by atoms with van der Waals surface area (Å²) in [6.45, 7) is 1.31. The van der Waals surface area contributed by atoms with Crippen LogP contribution in [-0.4, -0.2) is 50.6 Å². The lowest BCUT2D eigenvalue weighted by Gasteiger charge is -2.40. The van der Waals surface area contributed by atoms with Crippen molar-refractivity contribution in [2.75, 3.05) is 43.1 Å². The number of alkyl halides is 2. The molecule has 0 spiro atoms. The van der Waals surface area contributed by atoms with Crippen molar-refractivity contribution < 1.29 is 17.9 Å². The van der Waals surface area contributed by atoms with E-state index in [9.17, 15) is 8.42 Å². The number of hydrogen-bond donors (Lipinski definition) is 0. The minimum absolute atomic E-state index is 0.469. The van der Waals surface area contributed by atoms with E-state index in [2.05, 4.69) is 20.8 Å². The van der Waals surface area contributed by atoms with Crippen molar-refractivity contribution in [1.82, 2.24) is 3.97 Å². The molecule has 1 aliphatic rings. The van der Waals surface area contributed by atoms with Crippen LogP contribution in [0.4, 0.5) is 5.69 Å². The molecule has 4 aromatic carbocycles. The number of anilines is 1. The lowest BCUT2D eigenvalue weighted by atomic mass is 9.76. The zero-order valence-electron chi connectivity index (χ0n) is 23.6. The molecule has 0 aliphatic carbocycles. The van der Waals surface area contributed by atoms with E-state index in [1.807, 2.05) is 91.0 Å². The zero-order valence-corrected chi connectivity index (χ0v) is 27.5. The Kier molecular flexibility index (Phi) is 8.15. The number of rotatable bonds is 9. The van der Waals surface area contributed by atoms with E-state index in [1.54, 1.807) is 7.11 Å². The average Bonchev–Trinajstić information content (AvgIpc) is 3.37. The summed E-state index contributed by atoms with van der Waals surface area (Å²) in [5.41, 5.74) is 3.99. The highest BCUT2D eigenvalue weighted by Gasteiger charge is 2.48. The largest absolute Gasteiger partial charge is 0.496 e. The molecule has 0 bridgehead atoms. The van der Waals surface area contributed by atoms with Crippen molar-refractivity contribution in [2.45, 2.75) is 5.60 Å². The first-order valence-electron chi connectivity index (χ1n) is 13.7. The molecule has 0 amide bonds. The van der Waals surface area contributed by atoms with Crippen molar-refractivity contribution in [3.05, 3.63) is 112 Å². The van der Waals surface area contributed by atoms with Crippen LogP contribution < -0.4 is 14.4 Å². The van der Waals surface area contributed by atoms with Gasteiger partial charge in [0.15, 0.2) is 5.60 Å². The predicted octanol–water partition coefficient (Wildman–Crippen LogP) is 7.86. The summed E-state index contributed by atoms with van der Waals surface area (Å²) in [6, 6.07) is 29.1. The summed E-state index contributed by atoms with van der Waals surface area (Å²) in [7, 11) is -2.12. The summed E-state index contributed by atoms with van der Waals surface area (Å²) >= 11 is 15.9. The molecule has 0 N–H and O–H groups in total. The van der Waals surface area contributed by atoms with Gasteiger partial charge in [0.1, 0.15) is 11.5 Å². The van der Waals surface area contributed by atoms with E-state index in [0.717, 1.165) is 32.2 Å². The Hall–Kier alpha value is -3.17. The Morgan fingerprint density at radius 1 is 0.907 bits per heavy atom. The van der Waals surface area contributed by atoms with Crippen LogP contribution in [0.3, 0.4) is 0 Å². The fourth-order valence-corrected chi connectivity index (χ4v) is 8.05. The summed E-state index contributed by atoms with van der Waals surface area (Å²) in [5, 5.41) is 0.777. The van der Waals surface area contributed by atoms with E-state index in [0.29, 0.717) is 53.1 Å². The lowest BCUT2D eigenvalue weighted by Crippen LogP contribution is -2.39. The highest BCUT2D eigenvalue weighted by atomic mass is 79.9. The van der Waals surface area contributed by atoms with Crippen molar-refractivity contribution >= 4 is 65.7 Å². The molecule has 0 radical (unpaired) electrons. The molecular formula is C33H29BrCl2N2O4S. The van der Waals surface area contributed by atoms with Gasteiger partial charge in [0, 0.05) is 58.2 Å². The summed E-state index contributed by atoms with van der Waals surface area (Å²) < 4.78 is 42.0. The Morgan fingerprint density at radius 2 is 1.56 bits per heavy atom. The van der Waals surface area contributed by atoms with Crippen molar-refractivity contribution in [3.8, 4) is 22.8 Å². The molecule has 222 valence electrons. The highest BCUT2D eigenvalue weighted by molar-refractivity contribution is 9.10. The third-order valence-corrected chi connectivity index (χ3v) is 9.83. The number of aromatic nitrogens is 1. The first-order chi connectivity index (χ1) is 20.7. The maximum atomic E-state index is 13.5. The van der Waals surface area contributed by atoms with E-state index < -0.39 is 15.6 Å². The van der Waals surface area contributed by atoms with Crippen LogP contribution in [0.2, 0.25) is 0 Å².